The number of ether oxygens (including phenoxy) is 2. The van der Waals surface area contributed by atoms with Crippen molar-refractivity contribution in [2.75, 3.05) is 13.7 Å². The summed E-state index contributed by atoms with van der Waals surface area (Å²) in [6, 6.07) is 11.2. The lowest BCUT2D eigenvalue weighted by atomic mass is 9.98. The molecule has 0 N–H and O–H groups in total. The Balaban J connectivity index is 2.02. The van der Waals surface area contributed by atoms with E-state index in [9.17, 15) is 4.79 Å². The van der Waals surface area contributed by atoms with E-state index in [1.165, 1.54) is 0 Å². The number of fused-ring (bicyclic) bond motifs is 1. The zero-order valence-corrected chi connectivity index (χ0v) is 11.6. The van der Waals surface area contributed by atoms with E-state index in [2.05, 4.69) is 0 Å². The van der Waals surface area contributed by atoms with Crippen LogP contribution in [0.5, 0.6) is 11.5 Å². The van der Waals surface area contributed by atoms with E-state index in [0.29, 0.717) is 23.5 Å². The number of hydrogen-bond donors (Lipinski definition) is 0. The van der Waals surface area contributed by atoms with Crippen molar-refractivity contribution in [2.24, 2.45) is 0 Å². The number of benzene rings is 2. The Morgan fingerprint density at radius 1 is 1.20 bits per heavy atom. The van der Waals surface area contributed by atoms with Crippen LogP contribution in [0.3, 0.4) is 0 Å². The lowest BCUT2D eigenvalue weighted by Gasteiger charge is -2.09. The van der Waals surface area contributed by atoms with Crippen molar-refractivity contribution in [2.45, 2.75) is 13.3 Å². The Bertz CT molecular complexity index is 674. The molecule has 0 spiro atoms. The molecule has 0 saturated heterocycles. The van der Waals surface area contributed by atoms with Crippen LogP contribution in [0.4, 0.5) is 0 Å². The van der Waals surface area contributed by atoms with Crippen LogP contribution < -0.4 is 9.47 Å². The quantitative estimate of drug-likeness (QED) is 0.802. The Morgan fingerprint density at radius 3 is 2.85 bits per heavy atom. The Hall–Kier alpha value is -2.29. The predicted octanol–water partition coefficient (Wildman–Crippen LogP) is 3.17. The van der Waals surface area contributed by atoms with E-state index in [4.69, 9.17) is 9.47 Å². The molecule has 2 aromatic carbocycles. The molecule has 0 amide bonds. The van der Waals surface area contributed by atoms with Gasteiger partial charge in [0.15, 0.2) is 5.78 Å². The standard InChI is InChI=1S/C17H16O3/c1-11-3-5-16(19-2)14(9-11)17(18)13-4-6-15-12(10-13)7-8-20-15/h3-6,9-10H,7-8H2,1-2H3. The van der Waals surface area contributed by atoms with Crippen molar-refractivity contribution in [3.63, 3.8) is 0 Å². The lowest BCUT2D eigenvalue weighted by Crippen LogP contribution is -2.04. The number of rotatable bonds is 3. The molecule has 3 nitrogen and oxygen atoms in total. The molecule has 0 unspecified atom stereocenters. The maximum absolute atomic E-state index is 12.7. The van der Waals surface area contributed by atoms with Crippen LogP contribution in [0.1, 0.15) is 27.0 Å². The second-order valence-electron chi connectivity index (χ2n) is 4.95. The fraction of sp³-hybridized carbons (Fsp3) is 0.235. The van der Waals surface area contributed by atoms with Gasteiger partial charge in [0.05, 0.1) is 19.3 Å². The molecule has 1 heterocycles. The molecule has 1 aliphatic heterocycles. The van der Waals surface area contributed by atoms with Gasteiger partial charge in [0.1, 0.15) is 11.5 Å². The first-order valence-electron chi connectivity index (χ1n) is 6.64. The van der Waals surface area contributed by atoms with Gasteiger partial charge in [0.2, 0.25) is 0 Å². The van der Waals surface area contributed by atoms with Crippen LogP contribution in [0, 0.1) is 6.92 Å². The van der Waals surface area contributed by atoms with Gasteiger partial charge < -0.3 is 9.47 Å². The van der Waals surface area contributed by atoms with Gasteiger partial charge in [-0.25, -0.2) is 0 Å². The van der Waals surface area contributed by atoms with Gasteiger partial charge in [-0.3, -0.25) is 4.79 Å². The van der Waals surface area contributed by atoms with Crippen LogP contribution >= 0.6 is 0 Å². The number of aryl methyl sites for hydroxylation is 1. The molecule has 0 saturated carbocycles. The zero-order valence-electron chi connectivity index (χ0n) is 11.6. The summed E-state index contributed by atoms with van der Waals surface area (Å²) in [5.74, 6) is 1.48. The number of methoxy groups -OCH3 is 1. The second kappa shape index (κ2) is 5.00. The molecule has 0 atom stereocenters. The van der Waals surface area contributed by atoms with Crippen LogP contribution in [0.25, 0.3) is 0 Å². The van der Waals surface area contributed by atoms with Crippen LogP contribution in [0.15, 0.2) is 36.4 Å². The van der Waals surface area contributed by atoms with Crippen molar-refractivity contribution in [3.05, 3.63) is 58.7 Å². The summed E-state index contributed by atoms with van der Waals surface area (Å²) in [7, 11) is 1.58. The molecular formula is C17H16O3. The van der Waals surface area contributed by atoms with E-state index in [1.54, 1.807) is 7.11 Å². The number of hydrogen-bond acceptors (Lipinski definition) is 3. The fourth-order valence-electron chi connectivity index (χ4n) is 2.48. The van der Waals surface area contributed by atoms with Crippen molar-refractivity contribution in [3.8, 4) is 11.5 Å². The Kier molecular flexibility index (Phi) is 3.18. The van der Waals surface area contributed by atoms with Crippen molar-refractivity contribution < 1.29 is 14.3 Å². The average Bonchev–Trinajstić information content (AvgIpc) is 2.93. The van der Waals surface area contributed by atoms with Gasteiger partial charge in [-0.15, -0.1) is 0 Å². The minimum Gasteiger partial charge on any atom is -0.496 e. The third kappa shape index (κ3) is 2.16. The highest BCUT2D eigenvalue weighted by Gasteiger charge is 2.18. The predicted molar refractivity (Wildman–Crippen MR) is 76.8 cm³/mol. The lowest BCUT2D eigenvalue weighted by molar-refractivity contribution is 0.103. The maximum atomic E-state index is 12.7. The van der Waals surface area contributed by atoms with Gasteiger partial charge in [0.25, 0.3) is 0 Å². The fourth-order valence-corrected chi connectivity index (χ4v) is 2.48. The molecule has 1 aliphatic rings. The first kappa shape index (κ1) is 12.7. The van der Waals surface area contributed by atoms with E-state index in [-0.39, 0.29) is 5.78 Å². The summed E-state index contributed by atoms with van der Waals surface area (Å²) in [5, 5.41) is 0. The smallest absolute Gasteiger partial charge is 0.196 e. The summed E-state index contributed by atoms with van der Waals surface area (Å²) in [6.07, 6.45) is 0.863. The minimum atomic E-state index is -0.0137. The van der Waals surface area contributed by atoms with E-state index < -0.39 is 0 Å². The van der Waals surface area contributed by atoms with Crippen LogP contribution in [-0.2, 0) is 6.42 Å². The van der Waals surface area contributed by atoms with Gasteiger partial charge in [0, 0.05) is 12.0 Å². The third-order valence-electron chi connectivity index (χ3n) is 3.55. The summed E-state index contributed by atoms with van der Waals surface area (Å²) < 4.78 is 10.8. The molecule has 3 rings (SSSR count). The molecule has 0 aliphatic carbocycles. The molecule has 102 valence electrons. The summed E-state index contributed by atoms with van der Waals surface area (Å²) in [5.41, 5.74) is 3.42. The zero-order chi connectivity index (χ0) is 14.1. The molecule has 3 heteroatoms. The Labute approximate surface area is 118 Å². The van der Waals surface area contributed by atoms with Crippen LogP contribution in [-0.4, -0.2) is 19.5 Å². The topological polar surface area (TPSA) is 35.5 Å². The van der Waals surface area contributed by atoms with E-state index in [0.717, 1.165) is 23.3 Å². The monoisotopic (exact) mass is 268 g/mol. The molecule has 0 fully saturated rings. The highest BCUT2D eigenvalue weighted by molar-refractivity contribution is 6.11. The van der Waals surface area contributed by atoms with Gasteiger partial charge >= 0.3 is 0 Å². The first-order chi connectivity index (χ1) is 9.69. The van der Waals surface area contributed by atoms with Crippen molar-refractivity contribution >= 4 is 5.78 Å². The van der Waals surface area contributed by atoms with Crippen molar-refractivity contribution in [1.29, 1.82) is 0 Å². The van der Waals surface area contributed by atoms with Gasteiger partial charge in [-0.1, -0.05) is 11.6 Å². The molecule has 0 aromatic heterocycles. The minimum absolute atomic E-state index is 0.0137. The number of carbonyl (C=O) groups excluding carboxylic acids is 1. The van der Waals surface area contributed by atoms with Gasteiger partial charge in [-0.05, 0) is 42.8 Å². The normalized spacial score (nSPS) is 12.7. The summed E-state index contributed by atoms with van der Waals surface area (Å²) >= 11 is 0. The largest absolute Gasteiger partial charge is 0.496 e. The maximum Gasteiger partial charge on any atom is 0.196 e. The molecular weight excluding hydrogens is 252 g/mol. The third-order valence-corrected chi connectivity index (χ3v) is 3.55. The second-order valence-corrected chi connectivity index (χ2v) is 4.95. The Morgan fingerprint density at radius 2 is 2.05 bits per heavy atom. The highest BCUT2D eigenvalue weighted by Crippen LogP contribution is 2.28. The van der Waals surface area contributed by atoms with Crippen LogP contribution in [0.2, 0.25) is 0 Å². The van der Waals surface area contributed by atoms with Gasteiger partial charge in [-0.2, -0.15) is 0 Å². The first-order valence-corrected chi connectivity index (χ1v) is 6.64. The number of carbonyl (C=O) groups is 1. The molecule has 2 aromatic rings. The van der Waals surface area contributed by atoms with Crippen molar-refractivity contribution in [1.82, 2.24) is 0 Å². The average molecular weight is 268 g/mol. The molecule has 20 heavy (non-hydrogen) atoms. The molecule has 0 bridgehead atoms. The highest BCUT2D eigenvalue weighted by atomic mass is 16.5. The van der Waals surface area contributed by atoms with E-state index >= 15 is 0 Å². The summed E-state index contributed by atoms with van der Waals surface area (Å²) in [4.78, 5) is 12.7. The SMILES string of the molecule is COc1ccc(C)cc1C(=O)c1ccc2c(c1)CCO2. The number of ketones is 1. The van der Waals surface area contributed by atoms with E-state index in [1.807, 2.05) is 43.3 Å². The summed E-state index contributed by atoms with van der Waals surface area (Å²) in [6.45, 7) is 2.66. The molecule has 0 radical (unpaired) electrons.